The average molecular weight is 464 g/mol. The molecular formula is C26H30ClN5O. The lowest BCUT2D eigenvalue weighted by atomic mass is 10.1. The second-order valence-corrected chi connectivity index (χ2v) is 7.06. The van der Waals surface area contributed by atoms with E-state index in [-0.39, 0.29) is 5.56 Å². The standard InChI is InChI=1S/C22H18ClN5O.2C2H6/c1-13-3-10-19-21(26-13)20(14-4-6-16(23)7-5-14)22(29)28(27-19)17-8-9-18(24)15(11-17)12-25-2;2*1-2/h3-12H,24H2,1-2H3;2*1-2H3. The highest BCUT2D eigenvalue weighted by molar-refractivity contribution is 6.30. The van der Waals surface area contributed by atoms with Crippen LogP contribution in [0.5, 0.6) is 0 Å². The van der Waals surface area contributed by atoms with Crippen LogP contribution in [0.25, 0.3) is 27.8 Å². The minimum absolute atomic E-state index is 0.276. The van der Waals surface area contributed by atoms with Crippen molar-refractivity contribution in [2.45, 2.75) is 34.6 Å². The second kappa shape index (κ2) is 11.9. The summed E-state index contributed by atoms with van der Waals surface area (Å²) in [5.74, 6) is 0. The number of hydrogen-bond donors (Lipinski definition) is 1. The number of fused-ring (bicyclic) bond motifs is 1. The molecule has 0 unspecified atom stereocenters. The van der Waals surface area contributed by atoms with Gasteiger partial charge in [-0.3, -0.25) is 14.8 Å². The van der Waals surface area contributed by atoms with Crippen LogP contribution in [-0.4, -0.2) is 28.0 Å². The molecule has 172 valence electrons. The van der Waals surface area contributed by atoms with Gasteiger partial charge in [0.2, 0.25) is 0 Å². The molecule has 2 N–H and O–H groups in total. The van der Waals surface area contributed by atoms with Crippen LogP contribution < -0.4 is 11.3 Å². The van der Waals surface area contributed by atoms with Crippen molar-refractivity contribution in [2.75, 3.05) is 12.8 Å². The molecule has 0 amide bonds. The van der Waals surface area contributed by atoms with E-state index >= 15 is 0 Å². The van der Waals surface area contributed by atoms with Crippen LogP contribution in [-0.2, 0) is 0 Å². The van der Waals surface area contributed by atoms with Gasteiger partial charge in [0.05, 0.1) is 11.3 Å². The van der Waals surface area contributed by atoms with Gasteiger partial charge in [-0.15, -0.1) is 0 Å². The largest absolute Gasteiger partial charge is 0.398 e. The number of nitrogens with zero attached hydrogens (tertiary/aromatic N) is 4. The summed E-state index contributed by atoms with van der Waals surface area (Å²) < 4.78 is 1.37. The van der Waals surface area contributed by atoms with Crippen LogP contribution in [0.1, 0.15) is 39.0 Å². The van der Waals surface area contributed by atoms with Gasteiger partial charge in [0.25, 0.3) is 5.56 Å². The van der Waals surface area contributed by atoms with E-state index in [1.54, 1.807) is 43.6 Å². The van der Waals surface area contributed by atoms with E-state index in [1.807, 2.05) is 58.9 Å². The molecule has 2 aromatic carbocycles. The first-order chi connectivity index (χ1) is 16.0. The number of aromatic nitrogens is 3. The third-order valence-electron chi connectivity index (χ3n) is 4.58. The number of anilines is 1. The van der Waals surface area contributed by atoms with E-state index in [9.17, 15) is 4.79 Å². The summed E-state index contributed by atoms with van der Waals surface area (Å²) in [5, 5.41) is 5.15. The molecular weight excluding hydrogens is 434 g/mol. The van der Waals surface area contributed by atoms with Gasteiger partial charge in [-0.25, -0.2) is 0 Å². The summed E-state index contributed by atoms with van der Waals surface area (Å²) in [5.41, 5.74) is 10.8. The minimum atomic E-state index is -0.276. The summed E-state index contributed by atoms with van der Waals surface area (Å²) in [6.45, 7) is 9.88. The number of nitrogen functional groups attached to an aromatic ring is 1. The van der Waals surface area contributed by atoms with Crippen molar-refractivity contribution < 1.29 is 0 Å². The highest BCUT2D eigenvalue weighted by Gasteiger charge is 2.16. The number of pyridine rings is 1. The quantitative estimate of drug-likeness (QED) is 0.294. The zero-order valence-electron chi connectivity index (χ0n) is 19.9. The van der Waals surface area contributed by atoms with Crippen molar-refractivity contribution >= 4 is 34.5 Å². The predicted molar refractivity (Wildman–Crippen MR) is 141 cm³/mol. The molecule has 0 aliphatic heterocycles. The number of nitrogens with two attached hydrogens (primary N) is 1. The predicted octanol–water partition coefficient (Wildman–Crippen LogP) is 6.09. The van der Waals surface area contributed by atoms with Crippen LogP contribution in [0.2, 0.25) is 5.02 Å². The number of halogens is 1. The van der Waals surface area contributed by atoms with Crippen molar-refractivity contribution in [3.8, 4) is 16.8 Å². The Morgan fingerprint density at radius 3 is 2.30 bits per heavy atom. The van der Waals surface area contributed by atoms with Crippen molar-refractivity contribution in [3.05, 3.63) is 81.2 Å². The summed E-state index contributed by atoms with van der Waals surface area (Å²) in [6.07, 6.45) is 1.65. The fourth-order valence-electron chi connectivity index (χ4n) is 3.17. The molecule has 0 saturated carbocycles. The topological polar surface area (TPSA) is 86.2 Å². The fourth-order valence-corrected chi connectivity index (χ4v) is 3.30. The van der Waals surface area contributed by atoms with E-state index in [2.05, 4.69) is 15.1 Å². The minimum Gasteiger partial charge on any atom is -0.398 e. The SMILES string of the molecule is CC.CC.CN=Cc1cc(-n2nc3ccc(C)nc3c(-c3ccc(Cl)cc3)c2=O)ccc1N. The van der Waals surface area contributed by atoms with Gasteiger partial charge < -0.3 is 5.73 Å². The fraction of sp³-hybridized carbons (Fsp3) is 0.231. The first kappa shape index (κ1) is 25.7. The molecule has 0 saturated heterocycles. The van der Waals surface area contributed by atoms with Gasteiger partial charge in [0.15, 0.2) is 0 Å². The van der Waals surface area contributed by atoms with Crippen molar-refractivity contribution in [1.82, 2.24) is 14.8 Å². The Labute approximate surface area is 199 Å². The Kier molecular flexibility index (Phi) is 9.30. The average Bonchev–Trinajstić information content (AvgIpc) is 2.84. The Balaban J connectivity index is 0.000000914. The van der Waals surface area contributed by atoms with E-state index in [1.165, 1.54) is 4.68 Å². The van der Waals surface area contributed by atoms with Gasteiger partial charge >= 0.3 is 0 Å². The number of rotatable bonds is 3. The molecule has 0 aliphatic rings. The molecule has 0 bridgehead atoms. The second-order valence-electron chi connectivity index (χ2n) is 6.62. The number of aliphatic imine (C=N–C) groups is 1. The highest BCUT2D eigenvalue weighted by atomic mass is 35.5. The van der Waals surface area contributed by atoms with E-state index in [4.69, 9.17) is 17.3 Å². The van der Waals surface area contributed by atoms with E-state index < -0.39 is 0 Å². The van der Waals surface area contributed by atoms with Gasteiger partial charge in [0.1, 0.15) is 11.0 Å². The zero-order chi connectivity index (χ0) is 24.5. The van der Waals surface area contributed by atoms with E-state index in [0.717, 1.165) is 11.3 Å². The summed E-state index contributed by atoms with van der Waals surface area (Å²) in [7, 11) is 1.67. The number of benzene rings is 2. The Morgan fingerprint density at radius 1 is 1.00 bits per heavy atom. The van der Waals surface area contributed by atoms with Crippen molar-refractivity contribution in [2.24, 2.45) is 4.99 Å². The van der Waals surface area contributed by atoms with E-state index in [0.29, 0.717) is 38.6 Å². The van der Waals surface area contributed by atoms with Crippen LogP contribution in [0, 0.1) is 6.92 Å². The number of hydrogen-bond acceptors (Lipinski definition) is 5. The molecule has 2 heterocycles. The van der Waals surface area contributed by atoms with Crippen LogP contribution in [0.3, 0.4) is 0 Å². The van der Waals surface area contributed by atoms with Crippen LogP contribution in [0.4, 0.5) is 5.69 Å². The van der Waals surface area contributed by atoms with Crippen LogP contribution in [0.15, 0.2) is 64.4 Å². The summed E-state index contributed by atoms with van der Waals surface area (Å²) >= 11 is 6.04. The highest BCUT2D eigenvalue weighted by Crippen LogP contribution is 2.25. The first-order valence-electron chi connectivity index (χ1n) is 11.0. The monoisotopic (exact) mass is 463 g/mol. The molecule has 4 rings (SSSR count). The smallest absolute Gasteiger partial charge is 0.281 e. The van der Waals surface area contributed by atoms with Gasteiger partial charge in [0, 0.05) is 35.2 Å². The van der Waals surface area contributed by atoms with Gasteiger partial charge in [-0.05, 0) is 55.0 Å². The maximum absolute atomic E-state index is 13.5. The molecule has 6 nitrogen and oxygen atoms in total. The van der Waals surface area contributed by atoms with Crippen molar-refractivity contribution in [1.29, 1.82) is 0 Å². The lowest BCUT2D eigenvalue weighted by Gasteiger charge is -2.12. The molecule has 0 spiro atoms. The zero-order valence-corrected chi connectivity index (χ0v) is 20.7. The Morgan fingerprint density at radius 2 is 1.67 bits per heavy atom. The Bertz CT molecular complexity index is 1310. The van der Waals surface area contributed by atoms with Crippen LogP contribution >= 0.6 is 11.6 Å². The lowest BCUT2D eigenvalue weighted by Crippen LogP contribution is -2.24. The third-order valence-corrected chi connectivity index (χ3v) is 4.83. The van der Waals surface area contributed by atoms with Crippen molar-refractivity contribution in [3.63, 3.8) is 0 Å². The number of aryl methyl sites for hydroxylation is 1. The maximum atomic E-state index is 13.5. The summed E-state index contributed by atoms with van der Waals surface area (Å²) in [6, 6.07) is 16.1. The normalized spacial score (nSPS) is 10.4. The Hall–Kier alpha value is -3.51. The van der Waals surface area contributed by atoms with Gasteiger partial charge in [-0.1, -0.05) is 51.4 Å². The molecule has 0 radical (unpaired) electrons. The molecule has 0 aliphatic carbocycles. The molecule has 2 aromatic heterocycles. The maximum Gasteiger partial charge on any atom is 0.281 e. The molecule has 33 heavy (non-hydrogen) atoms. The molecule has 7 heteroatoms. The summed E-state index contributed by atoms with van der Waals surface area (Å²) in [4.78, 5) is 22.1. The first-order valence-corrected chi connectivity index (χ1v) is 11.3. The molecule has 0 fully saturated rings. The third kappa shape index (κ3) is 5.65. The van der Waals surface area contributed by atoms with Gasteiger partial charge in [-0.2, -0.15) is 9.78 Å². The molecule has 0 atom stereocenters. The molecule has 4 aromatic rings. The lowest BCUT2D eigenvalue weighted by molar-refractivity contribution is 0.831.